The third-order valence-electron chi connectivity index (χ3n) is 3.96. The Kier molecular flexibility index (Phi) is 4.05. The van der Waals surface area contributed by atoms with Crippen LogP contribution in [0.15, 0.2) is 58.6 Å². The Morgan fingerprint density at radius 3 is 2.92 bits per heavy atom. The first kappa shape index (κ1) is 16.2. The molecule has 8 nitrogen and oxygen atoms in total. The number of rotatable bonds is 3. The molecule has 2 aromatic heterocycles. The molecule has 1 aromatic carbocycles. The molecule has 0 N–H and O–H groups in total. The number of non-ortho nitro benzene ring substituents is 1. The molecule has 3 heterocycles. The van der Waals surface area contributed by atoms with Crippen molar-refractivity contribution in [1.82, 2.24) is 9.55 Å². The number of nitro groups is 1. The number of hydrogen-bond acceptors (Lipinski definition) is 7. The summed E-state index contributed by atoms with van der Waals surface area (Å²) in [5.41, 5.74) is 1.38. The van der Waals surface area contributed by atoms with E-state index in [1.807, 2.05) is 17.0 Å². The molecule has 0 aliphatic carbocycles. The van der Waals surface area contributed by atoms with E-state index >= 15 is 0 Å². The average Bonchev–Trinajstić information content (AvgIpc) is 2.98. The van der Waals surface area contributed by atoms with E-state index in [1.54, 1.807) is 35.2 Å². The summed E-state index contributed by atoms with van der Waals surface area (Å²) in [5, 5.41) is 11.0. The van der Waals surface area contributed by atoms with Gasteiger partial charge in [0, 0.05) is 30.2 Å². The number of nitrogens with zero attached hydrogens (tertiary/aromatic N) is 5. The molecule has 9 heteroatoms. The summed E-state index contributed by atoms with van der Waals surface area (Å²) in [5.74, 6) is 0. The molecule has 4 rings (SSSR count). The van der Waals surface area contributed by atoms with E-state index in [4.69, 9.17) is 0 Å². The Morgan fingerprint density at radius 2 is 2.15 bits per heavy atom. The number of anilines is 1. The van der Waals surface area contributed by atoms with E-state index < -0.39 is 4.92 Å². The second kappa shape index (κ2) is 6.52. The maximum atomic E-state index is 12.7. The molecular formula is C17H13N5O3S. The fourth-order valence-corrected chi connectivity index (χ4v) is 3.65. The molecular weight excluding hydrogens is 354 g/mol. The van der Waals surface area contributed by atoms with E-state index in [0.717, 1.165) is 5.56 Å². The fourth-order valence-electron chi connectivity index (χ4n) is 2.69. The summed E-state index contributed by atoms with van der Waals surface area (Å²) < 4.78 is 2.16. The standard InChI is InChI=1S/C17H13N5O3S/c23-16-15(7-12-3-2-6-18-9-12)26-17-19-10-20(11-21(16)17)13-4-1-5-14(8-13)22(24)25/h1-9H,10-11H2. The number of benzene rings is 1. The lowest BCUT2D eigenvalue weighted by Gasteiger charge is -2.25. The van der Waals surface area contributed by atoms with Gasteiger partial charge >= 0.3 is 0 Å². The Hall–Kier alpha value is -3.33. The fraction of sp³-hybridized carbons (Fsp3) is 0.118. The van der Waals surface area contributed by atoms with Crippen LogP contribution in [-0.2, 0) is 6.67 Å². The molecule has 0 fully saturated rings. The number of thiazole rings is 1. The van der Waals surface area contributed by atoms with Crippen LogP contribution in [0.5, 0.6) is 0 Å². The second-order valence-electron chi connectivity index (χ2n) is 5.67. The van der Waals surface area contributed by atoms with Crippen molar-refractivity contribution < 1.29 is 4.92 Å². The Labute approximate surface area is 151 Å². The zero-order chi connectivity index (χ0) is 18.1. The zero-order valence-corrected chi connectivity index (χ0v) is 14.3. The SMILES string of the molecule is O=c1c(=Cc2cccnc2)sc2n1CN(c1cccc([N+](=O)[O-])c1)CN=2. The minimum Gasteiger partial charge on any atom is -0.333 e. The lowest BCUT2D eigenvalue weighted by atomic mass is 10.2. The Morgan fingerprint density at radius 1 is 1.27 bits per heavy atom. The van der Waals surface area contributed by atoms with Gasteiger partial charge in [-0.3, -0.25) is 24.5 Å². The quantitative estimate of drug-likeness (QED) is 0.510. The lowest BCUT2D eigenvalue weighted by Crippen LogP contribution is -2.42. The van der Waals surface area contributed by atoms with Gasteiger partial charge < -0.3 is 4.90 Å². The molecule has 1 aliphatic rings. The molecule has 3 aromatic rings. The largest absolute Gasteiger partial charge is 0.333 e. The summed E-state index contributed by atoms with van der Waals surface area (Å²) in [6, 6.07) is 10.0. The molecule has 0 amide bonds. The van der Waals surface area contributed by atoms with Crippen LogP contribution in [0.1, 0.15) is 5.56 Å². The van der Waals surface area contributed by atoms with Crippen molar-refractivity contribution in [1.29, 1.82) is 0 Å². The van der Waals surface area contributed by atoms with E-state index in [2.05, 4.69) is 9.98 Å². The van der Waals surface area contributed by atoms with Crippen LogP contribution in [0.25, 0.3) is 6.08 Å². The Bertz CT molecular complexity index is 1150. The van der Waals surface area contributed by atoms with Gasteiger partial charge in [-0.05, 0) is 23.8 Å². The van der Waals surface area contributed by atoms with Crippen molar-refractivity contribution in [3.8, 4) is 0 Å². The first-order chi connectivity index (χ1) is 12.6. The van der Waals surface area contributed by atoms with E-state index in [9.17, 15) is 14.9 Å². The van der Waals surface area contributed by atoms with Gasteiger partial charge in [-0.2, -0.15) is 0 Å². The second-order valence-corrected chi connectivity index (χ2v) is 6.68. The highest BCUT2D eigenvalue weighted by Crippen LogP contribution is 2.21. The lowest BCUT2D eigenvalue weighted by molar-refractivity contribution is -0.384. The molecule has 0 saturated heterocycles. The number of aromatic nitrogens is 2. The molecule has 1 aliphatic heterocycles. The smallest absolute Gasteiger partial charge is 0.271 e. The minimum absolute atomic E-state index is 0.0107. The van der Waals surface area contributed by atoms with E-state index in [0.29, 0.717) is 28.4 Å². The van der Waals surface area contributed by atoms with Crippen molar-refractivity contribution in [2.75, 3.05) is 11.6 Å². The third kappa shape index (κ3) is 3.00. The van der Waals surface area contributed by atoms with Gasteiger partial charge in [-0.25, -0.2) is 4.99 Å². The van der Waals surface area contributed by atoms with Crippen LogP contribution in [0.4, 0.5) is 11.4 Å². The van der Waals surface area contributed by atoms with Gasteiger partial charge in [0.25, 0.3) is 11.2 Å². The number of fused-ring (bicyclic) bond motifs is 1. The molecule has 0 bridgehead atoms. The first-order valence-corrected chi connectivity index (χ1v) is 8.59. The average molecular weight is 367 g/mol. The summed E-state index contributed by atoms with van der Waals surface area (Å²) >= 11 is 1.33. The molecule has 0 spiro atoms. The first-order valence-electron chi connectivity index (χ1n) is 7.77. The van der Waals surface area contributed by atoms with Crippen molar-refractivity contribution in [3.05, 3.63) is 84.2 Å². The molecule has 0 atom stereocenters. The predicted octanol–water partition coefficient (Wildman–Crippen LogP) is 1.10. The summed E-state index contributed by atoms with van der Waals surface area (Å²) in [6.45, 7) is 0.643. The highest BCUT2D eigenvalue weighted by molar-refractivity contribution is 7.07. The van der Waals surface area contributed by atoms with Crippen LogP contribution in [0.3, 0.4) is 0 Å². The highest BCUT2D eigenvalue weighted by Gasteiger charge is 2.17. The minimum atomic E-state index is -0.437. The molecule has 0 radical (unpaired) electrons. The normalized spacial score (nSPS) is 14.0. The summed E-state index contributed by atoms with van der Waals surface area (Å²) in [7, 11) is 0. The van der Waals surface area contributed by atoms with Gasteiger partial charge in [0.2, 0.25) is 0 Å². The monoisotopic (exact) mass is 367 g/mol. The number of hydrogen-bond donors (Lipinski definition) is 0. The van der Waals surface area contributed by atoms with Crippen LogP contribution in [0, 0.1) is 10.1 Å². The van der Waals surface area contributed by atoms with Crippen LogP contribution in [0.2, 0.25) is 0 Å². The highest BCUT2D eigenvalue weighted by atomic mass is 32.1. The zero-order valence-electron chi connectivity index (χ0n) is 13.5. The number of nitro benzene ring substituents is 1. The van der Waals surface area contributed by atoms with Crippen LogP contribution < -0.4 is 19.8 Å². The third-order valence-corrected chi connectivity index (χ3v) is 5.01. The van der Waals surface area contributed by atoms with Gasteiger partial charge in [-0.15, -0.1) is 0 Å². The van der Waals surface area contributed by atoms with Crippen molar-refractivity contribution in [2.45, 2.75) is 6.67 Å². The van der Waals surface area contributed by atoms with Gasteiger partial charge in [0.05, 0.1) is 9.46 Å². The maximum Gasteiger partial charge on any atom is 0.271 e. The summed E-state index contributed by atoms with van der Waals surface area (Å²) in [6.07, 6.45) is 5.16. The summed E-state index contributed by atoms with van der Waals surface area (Å²) in [4.78, 5) is 34.2. The molecule has 0 saturated carbocycles. The number of pyridine rings is 1. The maximum absolute atomic E-state index is 12.7. The van der Waals surface area contributed by atoms with Crippen LogP contribution >= 0.6 is 11.3 Å². The van der Waals surface area contributed by atoms with E-state index in [1.165, 1.54) is 23.5 Å². The van der Waals surface area contributed by atoms with Crippen molar-refractivity contribution >= 4 is 28.8 Å². The van der Waals surface area contributed by atoms with Crippen molar-refractivity contribution in [3.63, 3.8) is 0 Å². The molecule has 0 unspecified atom stereocenters. The molecule has 130 valence electrons. The van der Waals surface area contributed by atoms with Gasteiger partial charge in [-0.1, -0.05) is 23.5 Å². The Balaban J connectivity index is 1.70. The van der Waals surface area contributed by atoms with E-state index in [-0.39, 0.29) is 11.2 Å². The van der Waals surface area contributed by atoms with Crippen molar-refractivity contribution in [2.24, 2.45) is 4.99 Å². The van der Waals surface area contributed by atoms with Crippen LogP contribution in [-0.4, -0.2) is 21.1 Å². The predicted molar refractivity (Wildman–Crippen MR) is 97.6 cm³/mol. The van der Waals surface area contributed by atoms with Gasteiger partial charge in [0.1, 0.15) is 13.3 Å². The molecule has 26 heavy (non-hydrogen) atoms. The topological polar surface area (TPSA) is 93.6 Å². The van der Waals surface area contributed by atoms with Gasteiger partial charge in [0.15, 0.2) is 4.80 Å².